The average molecular weight is 358 g/mol. The summed E-state index contributed by atoms with van der Waals surface area (Å²) >= 11 is 5.48. The number of aromatic nitrogens is 3. The van der Waals surface area contributed by atoms with Crippen LogP contribution in [0.2, 0.25) is 0 Å². The standard InChI is InChI=1S/C18H23N5OS/c1-21-17(8-7-16(19)24)20-23(18(21)25)13-22-11-9-15(10-12-22)14-5-3-2-4-6-14/h2-6,9H,7-8,10-13H2,1H3,(H2,19,24)/p+1. The Morgan fingerprint density at radius 3 is 2.76 bits per heavy atom. The molecule has 0 saturated carbocycles. The van der Waals surface area contributed by atoms with Crippen LogP contribution in [0.15, 0.2) is 36.4 Å². The van der Waals surface area contributed by atoms with Crippen molar-refractivity contribution in [3.05, 3.63) is 52.6 Å². The molecule has 0 bridgehead atoms. The average Bonchev–Trinajstić information content (AvgIpc) is 2.89. The summed E-state index contributed by atoms with van der Waals surface area (Å²) in [4.78, 5) is 12.4. The molecule has 0 fully saturated rings. The lowest BCUT2D eigenvalue weighted by Gasteiger charge is -2.23. The fourth-order valence-electron chi connectivity index (χ4n) is 3.14. The molecule has 1 aromatic carbocycles. The lowest BCUT2D eigenvalue weighted by atomic mass is 10.00. The number of carbonyl (C=O) groups is 1. The predicted octanol–water partition coefficient (Wildman–Crippen LogP) is 0.699. The van der Waals surface area contributed by atoms with E-state index in [0.717, 1.165) is 32.0 Å². The fraction of sp³-hybridized carbons (Fsp3) is 0.389. The van der Waals surface area contributed by atoms with Crippen LogP contribution < -0.4 is 10.6 Å². The maximum atomic E-state index is 11.0. The zero-order valence-electron chi connectivity index (χ0n) is 14.4. The molecule has 1 aromatic heterocycles. The van der Waals surface area contributed by atoms with Crippen LogP contribution in [0, 0.1) is 4.77 Å². The van der Waals surface area contributed by atoms with Gasteiger partial charge in [0.25, 0.3) is 0 Å². The third-order valence-electron chi connectivity index (χ3n) is 4.63. The molecule has 0 saturated heterocycles. The van der Waals surface area contributed by atoms with Gasteiger partial charge in [-0.3, -0.25) is 4.79 Å². The molecule has 6 nitrogen and oxygen atoms in total. The SMILES string of the molecule is Cn1c(CCC(N)=O)nn(C[NH+]2CC=C(c3ccccc3)CC2)c1=S. The summed E-state index contributed by atoms with van der Waals surface area (Å²) in [6, 6.07) is 10.5. The first kappa shape index (κ1) is 17.6. The highest BCUT2D eigenvalue weighted by Gasteiger charge is 2.18. The van der Waals surface area contributed by atoms with Gasteiger partial charge < -0.3 is 15.2 Å². The number of nitrogens with zero attached hydrogens (tertiary/aromatic N) is 3. The van der Waals surface area contributed by atoms with Crippen molar-refractivity contribution < 1.29 is 9.69 Å². The zero-order valence-corrected chi connectivity index (χ0v) is 15.3. The third kappa shape index (κ3) is 4.24. The second-order valence-electron chi connectivity index (χ2n) is 6.43. The molecular weight excluding hydrogens is 334 g/mol. The van der Waals surface area contributed by atoms with E-state index in [2.05, 4.69) is 35.4 Å². The van der Waals surface area contributed by atoms with Crippen molar-refractivity contribution >= 4 is 23.7 Å². The summed E-state index contributed by atoms with van der Waals surface area (Å²) in [5.41, 5.74) is 7.95. The number of hydrogen-bond acceptors (Lipinski definition) is 3. The minimum atomic E-state index is -0.319. The van der Waals surface area contributed by atoms with Crippen LogP contribution in [0.3, 0.4) is 0 Å². The Hall–Kier alpha value is -2.25. The molecule has 132 valence electrons. The van der Waals surface area contributed by atoms with Crippen molar-refractivity contribution in [2.75, 3.05) is 13.1 Å². The van der Waals surface area contributed by atoms with Crippen LogP contribution in [-0.4, -0.2) is 33.3 Å². The summed E-state index contributed by atoms with van der Waals surface area (Å²) in [6.45, 7) is 2.75. The highest BCUT2D eigenvalue weighted by molar-refractivity contribution is 7.71. The lowest BCUT2D eigenvalue weighted by molar-refractivity contribution is -0.918. The number of quaternary nitrogens is 1. The van der Waals surface area contributed by atoms with Gasteiger partial charge in [-0.05, 0) is 29.4 Å². The van der Waals surface area contributed by atoms with E-state index >= 15 is 0 Å². The Bertz CT molecular complexity index is 837. The number of benzene rings is 1. The summed E-state index contributed by atoms with van der Waals surface area (Å²) in [5.74, 6) is 0.487. The number of nitrogens with one attached hydrogen (secondary N) is 1. The van der Waals surface area contributed by atoms with E-state index in [0.29, 0.717) is 17.6 Å². The summed E-state index contributed by atoms with van der Waals surface area (Å²) in [7, 11) is 1.89. The number of carbonyl (C=O) groups excluding carboxylic acids is 1. The second kappa shape index (κ2) is 7.76. The van der Waals surface area contributed by atoms with Gasteiger partial charge in [-0.25, -0.2) is 0 Å². The van der Waals surface area contributed by atoms with Gasteiger partial charge in [0.05, 0.1) is 13.1 Å². The number of amides is 1. The molecule has 3 N–H and O–H groups in total. The predicted molar refractivity (Wildman–Crippen MR) is 99.3 cm³/mol. The normalized spacial score (nSPS) is 17.3. The van der Waals surface area contributed by atoms with Crippen LogP contribution >= 0.6 is 12.2 Å². The third-order valence-corrected chi connectivity index (χ3v) is 5.11. The van der Waals surface area contributed by atoms with Gasteiger partial charge in [0.1, 0.15) is 5.82 Å². The van der Waals surface area contributed by atoms with E-state index < -0.39 is 0 Å². The second-order valence-corrected chi connectivity index (χ2v) is 6.80. The Labute approximate surface area is 152 Å². The molecule has 1 unspecified atom stereocenters. The monoisotopic (exact) mass is 358 g/mol. The number of rotatable bonds is 6. The molecule has 25 heavy (non-hydrogen) atoms. The van der Waals surface area contributed by atoms with Crippen molar-refractivity contribution in [3.63, 3.8) is 0 Å². The molecule has 1 amide bonds. The maximum absolute atomic E-state index is 11.0. The van der Waals surface area contributed by atoms with E-state index in [4.69, 9.17) is 18.0 Å². The molecule has 7 heteroatoms. The van der Waals surface area contributed by atoms with Crippen LogP contribution in [0.25, 0.3) is 5.57 Å². The van der Waals surface area contributed by atoms with Gasteiger partial charge in [0.2, 0.25) is 10.7 Å². The minimum absolute atomic E-state index is 0.291. The molecule has 1 aliphatic heterocycles. The summed E-state index contributed by atoms with van der Waals surface area (Å²) in [6.07, 6.45) is 4.18. The largest absolute Gasteiger partial charge is 0.370 e. The first-order chi connectivity index (χ1) is 12.0. The topological polar surface area (TPSA) is 70.3 Å². The van der Waals surface area contributed by atoms with Gasteiger partial charge in [-0.15, -0.1) is 0 Å². The Balaban J connectivity index is 1.66. The molecule has 1 atom stereocenters. The van der Waals surface area contributed by atoms with E-state index in [1.807, 2.05) is 22.4 Å². The van der Waals surface area contributed by atoms with E-state index in [-0.39, 0.29) is 5.91 Å². The number of primary amides is 1. The van der Waals surface area contributed by atoms with Crippen molar-refractivity contribution in [1.82, 2.24) is 14.3 Å². The first-order valence-corrected chi connectivity index (χ1v) is 8.94. The highest BCUT2D eigenvalue weighted by atomic mass is 32.1. The molecule has 0 spiro atoms. The first-order valence-electron chi connectivity index (χ1n) is 8.53. The molecular formula is C18H24N5OS+. The van der Waals surface area contributed by atoms with Crippen molar-refractivity contribution in [1.29, 1.82) is 0 Å². The van der Waals surface area contributed by atoms with Gasteiger partial charge in [0, 0.05) is 26.3 Å². The lowest BCUT2D eigenvalue weighted by Crippen LogP contribution is -3.11. The molecule has 0 aliphatic carbocycles. The zero-order chi connectivity index (χ0) is 17.8. The molecule has 2 aromatic rings. The summed E-state index contributed by atoms with van der Waals surface area (Å²) < 4.78 is 4.42. The fourth-order valence-corrected chi connectivity index (χ4v) is 3.35. The van der Waals surface area contributed by atoms with Crippen molar-refractivity contribution in [2.24, 2.45) is 12.8 Å². The van der Waals surface area contributed by atoms with Crippen LogP contribution in [0.4, 0.5) is 0 Å². The number of hydrogen-bond donors (Lipinski definition) is 2. The van der Waals surface area contributed by atoms with Gasteiger partial charge in [0.15, 0.2) is 6.67 Å². The quantitative estimate of drug-likeness (QED) is 0.747. The molecule has 3 rings (SSSR count). The van der Waals surface area contributed by atoms with Crippen LogP contribution in [0.5, 0.6) is 0 Å². The number of nitrogens with two attached hydrogens (primary N) is 1. The molecule has 0 radical (unpaired) electrons. The highest BCUT2D eigenvalue weighted by Crippen LogP contribution is 2.17. The summed E-state index contributed by atoms with van der Waals surface area (Å²) in [5, 5.41) is 4.58. The molecule has 1 aliphatic rings. The van der Waals surface area contributed by atoms with E-state index in [1.165, 1.54) is 16.0 Å². The van der Waals surface area contributed by atoms with Crippen LogP contribution in [-0.2, 0) is 24.9 Å². The van der Waals surface area contributed by atoms with Gasteiger partial charge >= 0.3 is 0 Å². The van der Waals surface area contributed by atoms with Crippen LogP contribution in [0.1, 0.15) is 24.2 Å². The van der Waals surface area contributed by atoms with Crippen molar-refractivity contribution in [2.45, 2.75) is 25.9 Å². The Morgan fingerprint density at radius 2 is 2.12 bits per heavy atom. The number of aryl methyl sites for hydroxylation is 1. The van der Waals surface area contributed by atoms with E-state index in [9.17, 15) is 4.79 Å². The smallest absolute Gasteiger partial charge is 0.217 e. The van der Waals surface area contributed by atoms with Crippen molar-refractivity contribution in [3.8, 4) is 0 Å². The van der Waals surface area contributed by atoms with E-state index in [1.54, 1.807) is 0 Å². The Kier molecular flexibility index (Phi) is 5.45. The molecule has 2 heterocycles. The minimum Gasteiger partial charge on any atom is -0.370 e. The van der Waals surface area contributed by atoms with Gasteiger partial charge in [-0.1, -0.05) is 30.3 Å². The maximum Gasteiger partial charge on any atom is 0.217 e. The Morgan fingerprint density at radius 1 is 1.36 bits per heavy atom. The van der Waals surface area contributed by atoms with Gasteiger partial charge in [-0.2, -0.15) is 9.78 Å².